The molecule has 3 N–H and O–H groups in total. The van der Waals surface area contributed by atoms with Crippen molar-refractivity contribution in [3.8, 4) is 0 Å². The number of aliphatic hydroxyl groups excluding tert-OH is 1. The molecule has 2 heterocycles. The molecule has 0 aromatic carbocycles. The third kappa shape index (κ3) is 2.65. The van der Waals surface area contributed by atoms with Gasteiger partial charge < -0.3 is 15.7 Å². The molecule has 0 amide bonds. The molecule has 0 aliphatic carbocycles. The quantitative estimate of drug-likeness (QED) is 0.850. The van der Waals surface area contributed by atoms with Crippen molar-refractivity contribution < 1.29 is 5.11 Å². The van der Waals surface area contributed by atoms with Crippen LogP contribution in [-0.2, 0) is 6.54 Å². The number of anilines is 1. The second-order valence-corrected chi connectivity index (χ2v) is 4.99. The maximum atomic E-state index is 9.19. The maximum Gasteiger partial charge on any atom is 0.133 e. The first-order valence-electron chi connectivity index (χ1n) is 6.80. The number of hydrogen-bond acceptors (Lipinski definition) is 4. The van der Waals surface area contributed by atoms with E-state index in [2.05, 4.69) is 16.8 Å². The summed E-state index contributed by atoms with van der Waals surface area (Å²) in [4.78, 5) is 6.87. The van der Waals surface area contributed by atoms with Crippen LogP contribution in [0.15, 0.2) is 12.3 Å². The molecule has 1 atom stereocenters. The van der Waals surface area contributed by atoms with Gasteiger partial charge in [-0.15, -0.1) is 0 Å². The monoisotopic (exact) mass is 249 g/mol. The van der Waals surface area contributed by atoms with Crippen molar-refractivity contribution in [2.24, 2.45) is 5.73 Å². The highest BCUT2D eigenvalue weighted by Crippen LogP contribution is 2.28. The van der Waals surface area contributed by atoms with Crippen LogP contribution >= 0.6 is 0 Å². The summed E-state index contributed by atoms with van der Waals surface area (Å²) in [7, 11) is 0. The lowest BCUT2D eigenvalue weighted by Gasteiger charge is -2.37. The molecule has 1 fully saturated rings. The summed E-state index contributed by atoms with van der Waals surface area (Å²) in [6.07, 6.45) is 6.25. The number of aryl methyl sites for hydroxylation is 1. The van der Waals surface area contributed by atoms with Crippen molar-refractivity contribution in [3.63, 3.8) is 0 Å². The lowest BCUT2D eigenvalue weighted by Crippen LogP contribution is -2.41. The van der Waals surface area contributed by atoms with E-state index in [1.165, 1.54) is 18.4 Å². The molecule has 2 rings (SSSR count). The fourth-order valence-electron chi connectivity index (χ4n) is 2.80. The average Bonchev–Trinajstić information content (AvgIpc) is 2.39. The zero-order valence-corrected chi connectivity index (χ0v) is 11.1. The predicted octanol–water partition coefficient (Wildman–Crippen LogP) is 1.59. The van der Waals surface area contributed by atoms with E-state index in [1.807, 2.05) is 12.3 Å². The van der Waals surface area contributed by atoms with Crippen LogP contribution in [0.3, 0.4) is 0 Å². The van der Waals surface area contributed by atoms with Crippen LogP contribution in [0.25, 0.3) is 0 Å². The zero-order valence-electron chi connectivity index (χ0n) is 11.1. The molecular formula is C14H23N3O. The molecule has 0 saturated carbocycles. The molecule has 4 heteroatoms. The number of nitrogens with zero attached hydrogens (tertiary/aromatic N) is 2. The number of rotatable bonds is 4. The fourth-order valence-corrected chi connectivity index (χ4v) is 2.80. The molecule has 1 aromatic rings. The Kier molecular flexibility index (Phi) is 4.55. The summed E-state index contributed by atoms with van der Waals surface area (Å²) in [5.74, 6) is 1.02. The van der Waals surface area contributed by atoms with Crippen LogP contribution in [0, 0.1) is 6.92 Å². The second-order valence-electron chi connectivity index (χ2n) is 4.99. The zero-order chi connectivity index (χ0) is 13.0. The minimum atomic E-state index is 0.241. The molecule has 100 valence electrons. The summed E-state index contributed by atoms with van der Waals surface area (Å²) in [5, 5.41) is 9.19. The van der Waals surface area contributed by atoms with Crippen molar-refractivity contribution in [1.82, 2.24) is 4.98 Å². The van der Waals surface area contributed by atoms with E-state index in [9.17, 15) is 5.11 Å². The fraction of sp³-hybridized carbons (Fsp3) is 0.643. The highest BCUT2D eigenvalue weighted by Gasteiger charge is 2.25. The first kappa shape index (κ1) is 13.3. The smallest absolute Gasteiger partial charge is 0.133 e. The molecule has 1 saturated heterocycles. The van der Waals surface area contributed by atoms with Crippen LogP contribution in [0.1, 0.15) is 36.8 Å². The Hall–Kier alpha value is -1.13. The summed E-state index contributed by atoms with van der Waals surface area (Å²) in [6, 6.07) is 2.42. The molecule has 0 radical (unpaired) electrons. The Labute approximate surface area is 109 Å². The Bertz CT molecular complexity index is 393. The molecule has 0 spiro atoms. The number of pyridine rings is 1. The molecule has 4 nitrogen and oxygen atoms in total. The van der Waals surface area contributed by atoms with Crippen molar-refractivity contribution in [2.75, 3.05) is 18.1 Å². The van der Waals surface area contributed by atoms with E-state index in [4.69, 9.17) is 5.73 Å². The minimum absolute atomic E-state index is 0.241. The van der Waals surface area contributed by atoms with Gasteiger partial charge in [-0.25, -0.2) is 4.98 Å². The first-order valence-corrected chi connectivity index (χ1v) is 6.80. The Morgan fingerprint density at radius 1 is 1.50 bits per heavy atom. The lowest BCUT2D eigenvalue weighted by atomic mass is 9.98. The summed E-state index contributed by atoms with van der Waals surface area (Å²) in [6.45, 7) is 3.87. The van der Waals surface area contributed by atoms with Gasteiger partial charge in [-0.1, -0.05) is 0 Å². The Balaban J connectivity index is 2.30. The van der Waals surface area contributed by atoms with Gasteiger partial charge in [0.1, 0.15) is 5.82 Å². The van der Waals surface area contributed by atoms with Gasteiger partial charge in [-0.2, -0.15) is 0 Å². The molecule has 18 heavy (non-hydrogen) atoms. The van der Waals surface area contributed by atoms with Gasteiger partial charge in [0.15, 0.2) is 0 Å². The SMILES string of the molecule is Cc1ccnc(N2CCCCC2CCO)c1CN. The van der Waals surface area contributed by atoms with Gasteiger partial charge in [-0.3, -0.25) is 0 Å². The average molecular weight is 249 g/mol. The van der Waals surface area contributed by atoms with E-state index in [0.717, 1.165) is 30.8 Å². The standard InChI is InChI=1S/C14H23N3O/c1-11-5-7-16-14(13(11)10-15)17-8-3-2-4-12(17)6-9-18/h5,7,12,18H,2-4,6,8-10,15H2,1H3. The third-order valence-corrected chi connectivity index (χ3v) is 3.83. The third-order valence-electron chi connectivity index (χ3n) is 3.83. The van der Waals surface area contributed by atoms with Crippen LogP contribution in [0.5, 0.6) is 0 Å². The molecule has 0 bridgehead atoms. The van der Waals surface area contributed by atoms with Crippen LogP contribution in [-0.4, -0.2) is 29.3 Å². The van der Waals surface area contributed by atoms with Crippen LogP contribution < -0.4 is 10.6 Å². The van der Waals surface area contributed by atoms with Gasteiger partial charge in [0.25, 0.3) is 0 Å². The molecule has 1 unspecified atom stereocenters. The number of aromatic nitrogens is 1. The Morgan fingerprint density at radius 3 is 3.06 bits per heavy atom. The lowest BCUT2D eigenvalue weighted by molar-refractivity contribution is 0.262. The number of nitrogens with two attached hydrogens (primary N) is 1. The van der Waals surface area contributed by atoms with Crippen LogP contribution in [0.2, 0.25) is 0 Å². The van der Waals surface area contributed by atoms with E-state index in [1.54, 1.807) is 0 Å². The normalized spacial score (nSPS) is 20.2. The molecule has 1 aliphatic rings. The first-order chi connectivity index (χ1) is 8.77. The van der Waals surface area contributed by atoms with Gasteiger partial charge in [0.2, 0.25) is 0 Å². The Morgan fingerprint density at radius 2 is 2.33 bits per heavy atom. The number of piperidine rings is 1. The second kappa shape index (κ2) is 6.16. The summed E-state index contributed by atoms with van der Waals surface area (Å²) < 4.78 is 0. The minimum Gasteiger partial charge on any atom is -0.396 e. The topological polar surface area (TPSA) is 62.4 Å². The molecular weight excluding hydrogens is 226 g/mol. The number of hydrogen-bond donors (Lipinski definition) is 2. The van der Waals surface area contributed by atoms with Crippen molar-refractivity contribution in [2.45, 2.75) is 45.2 Å². The predicted molar refractivity (Wildman–Crippen MR) is 73.6 cm³/mol. The summed E-state index contributed by atoms with van der Waals surface area (Å²) in [5.41, 5.74) is 8.21. The number of aliphatic hydroxyl groups is 1. The highest BCUT2D eigenvalue weighted by atomic mass is 16.3. The van der Waals surface area contributed by atoms with Crippen molar-refractivity contribution >= 4 is 5.82 Å². The van der Waals surface area contributed by atoms with Crippen molar-refractivity contribution in [1.29, 1.82) is 0 Å². The molecule has 1 aromatic heterocycles. The van der Waals surface area contributed by atoms with E-state index in [0.29, 0.717) is 12.6 Å². The largest absolute Gasteiger partial charge is 0.396 e. The summed E-state index contributed by atoms with van der Waals surface area (Å²) >= 11 is 0. The van der Waals surface area contributed by atoms with Gasteiger partial charge in [0, 0.05) is 37.5 Å². The van der Waals surface area contributed by atoms with E-state index >= 15 is 0 Å². The highest BCUT2D eigenvalue weighted by molar-refractivity contribution is 5.51. The van der Waals surface area contributed by atoms with Gasteiger partial charge in [-0.05, 0) is 44.2 Å². The molecule has 1 aliphatic heterocycles. The van der Waals surface area contributed by atoms with E-state index in [-0.39, 0.29) is 6.61 Å². The van der Waals surface area contributed by atoms with Gasteiger partial charge >= 0.3 is 0 Å². The maximum absolute atomic E-state index is 9.19. The van der Waals surface area contributed by atoms with Gasteiger partial charge in [0.05, 0.1) is 0 Å². The van der Waals surface area contributed by atoms with Crippen molar-refractivity contribution in [3.05, 3.63) is 23.4 Å². The van der Waals surface area contributed by atoms with E-state index < -0.39 is 0 Å². The van der Waals surface area contributed by atoms with Crippen LogP contribution in [0.4, 0.5) is 5.82 Å².